The number of nitrogens with zero attached hydrogens (tertiary/aromatic N) is 1. The summed E-state index contributed by atoms with van der Waals surface area (Å²) in [5, 5.41) is 0. The lowest BCUT2D eigenvalue weighted by atomic mass is 10.1. The van der Waals surface area contributed by atoms with Crippen LogP contribution in [0.5, 0.6) is 0 Å². The molecular formula is C10H12BrN. The van der Waals surface area contributed by atoms with Crippen LogP contribution in [0.15, 0.2) is 22.7 Å². The number of hydrogen-bond acceptors (Lipinski definition) is 1. The maximum atomic E-state index is 3.51. The van der Waals surface area contributed by atoms with E-state index in [0.29, 0.717) is 0 Å². The molecule has 1 nitrogen and oxygen atoms in total. The van der Waals surface area contributed by atoms with Gasteiger partial charge in [-0.3, -0.25) is 0 Å². The molecule has 0 N–H and O–H groups in total. The van der Waals surface area contributed by atoms with Crippen molar-refractivity contribution in [1.29, 1.82) is 0 Å². The third kappa shape index (κ3) is 1.48. The van der Waals surface area contributed by atoms with Gasteiger partial charge in [-0.2, -0.15) is 0 Å². The maximum Gasteiger partial charge on any atom is 0.0380 e. The highest BCUT2D eigenvalue weighted by Crippen LogP contribution is 2.25. The van der Waals surface area contributed by atoms with Crippen LogP contribution < -0.4 is 4.90 Å². The quantitative estimate of drug-likeness (QED) is 0.711. The lowest BCUT2D eigenvalue weighted by Crippen LogP contribution is -2.36. The molecule has 0 aliphatic carbocycles. The highest BCUT2D eigenvalue weighted by Gasteiger charge is 2.14. The van der Waals surface area contributed by atoms with Crippen LogP contribution in [0.25, 0.3) is 0 Å². The Hall–Kier alpha value is -0.500. The molecule has 0 spiro atoms. The number of benzene rings is 1. The molecule has 1 aliphatic rings. The lowest BCUT2D eigenvalue weighted by molar-refractivity contribution is 0.617. The summed E-state index contributed by atoms with van der Waals surface area (Å²) in [4.78, 5) is 2.40. The van der Waals surface area contributed by atoms with Gasteiger partial charge in [0.1, 0.15) is 0 Å². The van der Waals surface area contributed by atoms with Gasteiger partial charge in [0.05, 0.1) is 0 Å². The van der Waals surface area contributed by atoms with E-state index >= 15 is 0 Å². The third-order valence-electron chi connectivity index (χ3n) is 2.25. The smallest absolute Gasteiger partial charge is 0.0380 e. The van der Waals surface area contributed by atoms with Crippen molar-refractivity contribution in [2.75, 3.05) is 18.0 Å². The van der Waals surface area contributed by atoms with Crippen LogP contribution in [-0.4, -0.2) is 13.1 Å². The second kappa shape index (κ2) is 3.09. The Bertz CT molecular complexity index is 272. The first kappa shape index (κ1) is 8.11. The van der Waals surface area contributed by atoms with E-state index in [0.717, 1.165) is 0 Å². The summed E-state index contributed by atoms with van der Waals surface area (Å²) >= 11 is 3.51. The Kier molecular flexibility index (Phi) is 2.09. The average Bonchev–Trinajstić information content (AvgIpc) is 1.79. The molecule has 12 heavy (non-hydrogen) atoms. The van der Waals surface area contributed by atoms with E-state index in [9.17, 15) is 0 Å². The highest BCUT2D eigenvalue weighted by atomic mass is 79.9. The summed E-state index contributed by atoms with van der Waals surface area (Å²) in [6, 6.07) is 6.57. The van der Waals surface area contributed by atoms with Crippen molar-refractivity contribution < 1.29 is 0 Å². The van der Waals surface area contributed by atoms with Gasteiger partial charge in [0.2, 0.25) is 0 Å². The molecule has 1 saturated heterocycles. The van der Waals surface area contributed by atoms with Crippen LogP contribution in [0.1, 0.15) is 12.0 Å². The standard InChI is InChI=1S/C10H12BrN/c1-8-5-9(11)7-10(6-8)12-3-2-4-12/h5-7H,2-4H2,1H3. The van der Waals surface area contributed by atoms with Crippen LogP contribution in [0, 0.1) is 6.92 Å². The molecule has 0 radical (unpaired) electrons. The number of aryl methyl sites for hydroxylation is 1. The first-order valence-electron chi connectivity index (χ1n) is 4.28. The van der Waals surface area contributed by atoms with Crippen molar-refractivity contribution in [3.63, 3.8) is 0 Å². The highest BCUT2D eigenvalue weighted by molar-refractivity contribution is 9.10. The summed E-state index contributed by atoms with van der Waals surface area (Å²) < 4.78 is 1.18. The van der Waals surface area contributed by atoms with E-state index in [1.165, 1.54) is 35.2 Å². The van der Waals surface area contributed by atoms with Crippen molar-refractivity contribution >= 4 is 21.6 Å². The molecule has 0 atom stereocenters. The number of anilines is 1. The molecular weight excluding hydrogens is 214 g/mol. The second-order valence-corrected chi connectivity index (χ2v) is 4.24. The van der Waals surface area contributed by atoms with Crippen molar-refractivity contribution in [2.24, 2.45) is 0 Å². The zero-order chi connectivity index (χ0) is 8.55. The predicted molar refractivity (Wildman–Crippen MR) is 55.7 cm³/mol. The van der Waals surface area contributed by atoms with Crippen LogP contribution in [-0.2, 0) is 0 Å². The summed E-state index contributed by atoms with van der Waals surface area (Å²) in [5.74, 6) is 0. The van der Waals surface area contributed by atoms with E-state index in [4.69, 9.17) is 0 Å². The maximum absolute atomic E-state index is 3.51. The zero-order valence-corrected chi connectivity index (χ0v) is 8.76. The predicted octanol–water partition coefficient (Wildman–Crippen LogP) is 2.97. The molecule has 1 aromatic carbocycles. The fourth-order valence-electron chi connectivity index (χ4n) is 1.47. The monoisotopic (exact) mass is 225 g/mol. The lowest BCUT2D eigenvalue weighted by Gasteiger charge is -2.33. The van der Waals surface area contributed by atoms with Crippen LogP contribution in [0.3, 0.4) is 0 Å². The number of hydrogen-bond donors (Lipinski definition) is 0. The molecule has 0 saturated carbocycles. The van der Waals surface area contributed by atoms with Gasteiger partial charge in [0.15, 0.2) is 0 Å². The van der Waals surface area contributed by atoms with Gasteiger partial charge >= 0.3 is 0 Å². The van der Waals surface area contributed by atoms with Gasteiger partial charge in [0.25, 0.3) is 0 Å². The summed E-state index contributed by atoms with van der Waals surface area (Å²) in [7, 11) is 0. The Morgan fingerprint density at radius 2 is 2.00 bits per heavy atom. The third-order valence-corrected chi connectivity index (χ3v) is 2.71. The Morgan fingerprint density at radius 3 is 2.50 bits per heavy atom. The molecule has 0 amide bonds. The van der Waals surface area contributed by atoms with Crippen LogP contribution in [0.4, 0.5) is 5.69 Å². The molecule has 1 aliphatic heterocycles. The second-order valence-electron chi connectivity index (χ2n) is 3.33. The fourth-order valence-corrected chi connectivity index (χ4v) is 2.07. The van der Waals surface area contributed by atoms with Crippen molar-refractivity contribution in [3.05, 3.63) is 28.2 Å². The SMILES string of the molecule is Cc1cc(Br)cc(N2CCC2)c1. The summed E-state index contributed by atoms with van der Waals surface area (Å²) in [5.41, 5.74) is 2.68. The Balaban J connectivity index is 2.30. The van der Waals surface area contributed by atoms with Gasteiger partial charge in [-0.1, -0.05) is 15.9 Å². The molecule has 2 rings (SSSR count). The number of halogens is 1. The van der Waals surface area contributed by atoms with E-state index in [2.05, 4.69) is 46.0 Å². The van der Waals surface area contributed by atoms with E-state index in [1.807, 2.05) is 0 Å². The molecule has 0 bridgehead atoms. The average molecular weight is 226 g/mol. The normalized spacial score (nSPS) is 16.0. The molecule has 0 aromatic heterocycles. The van der Waals surface area contributed by atoms with E-state index in [-0.39, 0.29) is 0 Å². The molecule has 64 valence electrons. The van der Waals surface area contributed by atoms with E-state index < -0.39 is 0 Å². The van der Waals surface area contributed by atoms with Gasteiger partial charge in [0, 0.05) is 23.2 Å². The Morgan fingerprint density at radius 1 is 1.25 bits per heavy atom. The first-order valence-corrected chi connectivity index (χ1v) is 5.07. The minimum atomic E-state index is 1.18. The summed E-state index contributed by atoms with van der Waals surface area (Å²) in [6.45, 7) is 4.57. The topological polar surface area (TPSA) is 3.24 Å². The van der Waals surface area contributed by atoms with Gasteiger partial charge < -0.3 is 4.90 Å². The minimum Gasteiger partial charge on any atom is -0.371 e. The van der Waals surface area contributed by atoms with Crippen molar-refractivity contribution in [3.8, 4) is 0 Å². The molecule has 1 heterocycles. The van der Waals surface area contributed by atoms with Gasteiger partial charge in [-0.15, -0.1) is 0 Å². The van der Waals surface area contributed by atoms with Crippen molar-refractivity contribution in [1.82, 2.24) is 0 Å². The molecule has 1 aromatic rings. The summed E-state index contributed by atoms with van der Waals surface area (Å²) in [6.07, 6.45) is 1.34. The van der Waals surface area contributed by atoms with Crippen molar-refractivity contribution in [2.45, 2.75) is 13.3 Å². The van der Waals surface area contributed by atoms with Crippen LogP contribution in [0.2, 0.25) is 0 Å². The molecule has 2 heteroatoms. The van der Waals surface area contributed by atoms with Crippen LogP contribution >= 0.6 is 15.9 Å². The number of rotatable bonds is 1. The van der Waals surface area contributed by atoms with E-state index in [1.54, 1.807) is 0 Å². The Labute approximate surface area is 81.5 Å². The zero-order valence-electron chi connectivity index (χ0n) is 7.18. The molecule has 0 unspecified atom stereocenters. The minimum absolute atomic E-state index is 1.18. The largest absolute Gasteiger partial charge is 0.371 e. The fraction of sp³-hybridized carbons (Fsp3) is 0.400. The van der Waals surface area contributed by atoms with Gasteiger partial charge in [-0.05, 0) is 37.1 Å². The molecule has 1 fully saturated rings. The van der Waals surface area contributed by atoms with Gasteiger partial charge in [-0.25, -0.2) is 0 Å². The first-order chi connectivity index (χ1) is 5.75.